The van der Waals surface area contributed by atoms with E-state index in [1.54, 1.807) is 6.07 Å². The molecule has 2 N–H and O–H groups in total. The zero-order chi connectivity index (χ0) is 14.7. The number of carbonyl (C=O) groups is 1. The average molecular weight is 282 g/mol. The molecule has 3 aromatic rings. The maximum atomic E-state index is 12.2. The van der Waals surface area contributed by atoms with Crippen LogP contribution in [0.3, 0.4) is 0 Å². The minimum Gasteiger partial charge on any atom is -0.385 e. The van der Waals surface area contributed by atoms with Crippen molar-refractivity contribution in [2.75, 3.05) is 17.2 Å². The van der Waals surface area contributed by atoms with Crippen LogP contribution in [-0.4, -0.2) is 22.6 Å². The number of fused-ring (bicyclic) bond motifs is 1. The van der Waals surface area contributed by atoms with Crippen LogP contribution in [0, 0.1) is 0 Å². The molecule has 0 atom stereocenters. The van der Waals surface area contributed by atoms with Gasteiger partial charge in [0.25, 0.3) is 5.91 Å². The summed E-state index contributed by atoms with van der Waals surface area (Å²) in [5.41, 5.74) is 2.50. The summed E-state index contributed by atoms with van der Waals surface area (Å²) in [6.45, 7) is 2.77. The highest BCUT2D eigenvalue weighted by atomic mass is 16.5. The number of nitrogens with zero attached hydrogens (tertiary/aromatic N) is 2. The zero-order valence-corrected chi connectivity index (χ0v) is 11.5. The molecule has 3 rings (SSSR count). The molecule has 1 amide bonds. The number of amides is 1. The fourth-order valence-corrected chi connectivity index (χ4v) is 2.09. The van der Waals surface area contributed by atoms with Crippen LogP contribution < -0.4 is 10.6 Å². The molecule has 0 aliphatic rings. The fourth-order valence-electron chi connectivity index (χ4n) is 2.09. The maximum absolute atomic E-state index is 12.2. The van der Waals surface area contributed by atoms with Crippen molar-refractivity contribution >= 4 is 28.2 Å². The summed E-state index contributed by atoms with van der Waals surface area (Å²) in [4.78, 5) is 16.6. The summed E-state index contributed by atoms with van der Waals surface area (Å²) in [5.74, 6) is -0.303. The van der Waals surface area contributed by atoms with Gasteiger partial charge in [0.1, 0.15) is 17.6 Å². The third kappa shape index (κ3) is 2.69. The second-order valence-corrected chi connectivity index (χ2v) is 4.47. The number of para-hydroxylation sites is 1. The molecule has 0 radical (unpaired) electrons. The van der Waals surface area contributed by atoms with Crippen LogP contribution in [0.25, 0.3) is 10.9 Å². The van der Waals surface area contributed by atoms with E-state index in [-0.39, 0.29) is 5.91 Å². The minimum atomic E-state index is -0.303. The van der Waals surface area contributed by atoms with Gasteiger partial charge in [-0.15, -0.1) is 0 Å². The van der Waals surface area contributed by atoms with Crippen molar-refractivity contribution in [2.45, 2.75) is 6.92 Å². The number of benzene rings is 1. The second-order valence-electron chi connectivity index (χ2n) is 4.47. The molecule has 1 aromatic carbocycles. The van der Waals surface area contributed by atoms with Crippen LogP contribution in [0.15, 0.2) is 47.3 Å². The van der Waals surface area contributed by atoms with E-state index in [0.29, 0.717) is 11.4 Å². The minimum absolute atomic E-state index is 0.303. The Hall–Kier alpha value is -2.89. The highest BCUT2D eigenvalue weighted by Gasteiger charge is 2.12. The lowest BCUT2D eigenvalue weighted by Crippen LogP contribution is -2.14. The largest absolute Gasteiger partial charge is 0.385 e. The Balaban J connectivity index is 2.00. The van der Waals surface area contributed by atoms with Crippen molar-refractivity contribution < 1.29 is 9.32 Å². The molecule has 6 heteroatoms. The quantitative estimate of drug-likeness (QED) is 0.769. The summed E-state index contributed by atoms with van der Waals surface area (Å²) in [6.07, 6.45) is 2.80. The lowest BCUT2D eigenvalue weighted by molar-refractivity contribution is 0.102. The number of pyridine rings is 1. The maximum Gasteiger partial charge on any atom is 0.274 e. The Bertz CT molecular complexity index is 768. The van der Waals surface area contributed by atoms with Crippen molar-refractivity contribution in [3.63, 3.8) is 0 Å². The average Bonchev–Trinajstić information content (AvgIpc) is 3.00. The Morgan fingerprint density at radius 2 is 2.19 bits per heavy atom. The first-order chi connectivity index (χ1) is 10.3. The predicted molar refractivity (Wildman–Crippen MR) is 80.4 cm³/mol. The molecule has 0 fully saturated rings. The van der Waals surface area contributed by atoms with E-state index >= 15 is 0 Å². The van der Waals surface area contributed by atoms with Crippen molar-refractivity contribution in [2.24, 2.45) is 0 Å². The molecule has 2 aromatic heterocycles. The van der Waals surface area contributed by atoms with E-state index in [0.717, 1.165) is 23.1 Å². The molecule has 0 aliphatic carbocycles. The molecule has 0 spiro atoms. The van der Waals surface area contributed by atoms with E-state index in [2.05, 4.69) is 25.3 Å². The van der Waals surface area contributed by atoms with E-state index in [1.165, 1.54) is 12.5 Å². The normalized spacial score (nSPS) is 10.5. The zero-order valence-electron chi connectivity index (χ0n) is 11.5. The molecule has 0 saturated heterocycles. The van der Waals surface area contributed by atoms with Gasteiger partial charge in [0, 0.05) is 17.6 Å². The summed E-state index contributed by atoms with van der Waals surface area (Å²) >= 11 is 0. The first kappa shape index (κ1) is 13.1. The monoisotopic (exact) mass is 282 g/mol. The van der Waals surface area contributed by atoms with Crippen LogP contribution >= 0.6 is 0 Å². The number of rotatable bonds is 4. The number of aromatic nitrogens is 2. The van der Waals surface area contributed by atoms with Gasteiger partial charge >= 0.3 is 0 Å². The third-order valence-corrected chi connectivity index (χ3v) is 3.01. The van der Waals surface area contributed by atoms with Crippen LogP contribution in [0.1, 0.15) is 17.4 Å². The Kier molecular flexibility index (Phi) is 3.51. The van der Waals surface area contributed by atoms with E-state index < -0.39 is 0 Å². The predicted octanol–water partition coefficient (Wildman–Crippen LogP) is 2.91. The van der Waals surface area contributed by atoms with Crippen LogP contribution in [0.2, 0.25) is 0 Å². The lowest BCUT2D eigenvalue weighted by atomic mass is 10.1. The highest BCUT2D eigenvalue weighted by molar-refractivity contribution is 6.06. The summed E-state index contributed by atoms with van der Waals surface area (Å²) < 4.78 is 4.69. The Morgan fingerprint density at radius 3 is 2.95 bits per heavy atom. The van der Waals surface area contributed by atoms with Crippen LogP contribution in [0.5, 0.6) is 0 Å². The van der Waals surface area contributed by atoms with Gasteiger partial charge in [-0.05, 0) is 19.1 Å². The van der Waals surface area contributed by atoms with Gasteiger partial charge in [0.2, 0.25) is 0 Å². The van der Waals surface area contributed by atoms with Crippen molar-refractivity contribution in [3.8, 4) is 0 Å². The third-order valence-electron chi connectivity index (χ3n) is 3.01. The number of nitrogens with one attached hydrogen (secondary N) is 2. The first-order valence-electron chi connectivity index (χ1n) is 6.62. The Morgan fingerprint density at radius 1 is 1.33 bits per heavy atom. The Labute approximate surface area is 121 Å². The summed E-state index contributed by atoms with van der Waals surface area (Å²) in [6, 6.07) is 9.44. The van der Waals surface area contributed by atoms with E-state index in [1.807, 2.05) is 31.2 Å². The van der Waals surface area contributed by atoms with Crippen LogP contribution in [-0.2, 0) is 0 Å². The molecular formula is C15H14N4O2. The van der Waals surface area contributed by atoms with Crippen molar-refractivity contribution in [3.05, 3.63) is 48.5 Å². The van der Waals surface area contributed by atoms with Crippen molar-refractivity contribution in [1.29, 1.82) is 0 Å². The van der Waals surface area contributed by atoms with Gasteiger partial charge in [-0.2, -0.15) is 0 Å². The molecule has 0 bridgehead atoms. The first-order valence-corrected chi connectivity index (χ1v) is 6.62. The van der Waals surface area contributed by atoms with E-state index in [9.17, 15) is 4.79 Å². The molecule has 0 saturated carbocycles. The molecule has 2 heterocycles. The summed E-state index contributed by atoms with van der Waals surface area (Å²) in [5, 5.41) is 10.5. The SMILES string of the molecule is CCNc1cc(C(=O)Nc2cnoc2)nc2ccccc12. The number of hydrogen-bond donors (Lipinski definition) is 2. The smallest absolute Gasteiger partial charge is 0.274 e. The van der Waals surface area contributed by atoms with Crippen molar-refractivity contribution in [1.82, 2.24) is 10.1 Å². The highest BCUT2D eigenvalue weighted by Crippen LogP contribution is 2.23. The van der Waals surface area contributed by atoms with Gasteiger partial charge in [-0.1, -0.05) is 23.4 Å². The standard InChI is InChI=1S/C15H14N4O2/c1-2-16-13-7-14(15(20)18-10-8-17-21-9-10)19-12-6-4-3-5-11(12)13/h3-9H,2H2,1H3,(H,16,19)(H,18,20). The van der Waals surface area contributed by atoms with Gasteiger partial charge in [-0.25, -0.2) is 4.98 Å². The van der Waals surface area contributed by atoms with Gasteiger partial charge in [0.15, 0.2) is 0 Å². The number of hydrogen-bond acceptors (Lipinski definition) is 5. The van der Waals surface area contributed by atoms with Gasteiger partial charge in [-0.3, -0.25) is 4.79 Å². The topological polar surface area (TPSA) is 80.0 Å². The molecule has 6 nitrogen and oxygen atoms in total. The molecule has 21 heavy (non-hydrogen) atoms. The lowest BCUT2D eigenvalue weighted by Gasteiger charge is -2.10. The number of anilines is 2. The second kappa shape index (κ2) is 5.62. The molecule has 0 aliphatic heterocycles. The molecule has 0 unspecified atom stereocenters. The van der Waals surface area contributed by atoms with Gasteiger partial charge < -0.3 is 15.2 Å². The summed E-state index contributed by atoms with van der Waals surface area (Å²) in [7, 11) is 0. The van der Waals surface area contributed by atoms with Gasteiger partial charge in [0.05, 0.1) is 11.7 Å². The molecular weight excluding hydrogens is 268 g/mol. The molecule has 106 valence electrons. The number of carbonyl (C=O) groups excluding carboxylic acids is 1. The fraction of sp³-hybridized carbons (Fsp3) is 0.133. The van der Waals surface area contributed by atoms with Crippen LogP contribution in [0.4, 0.5) is 11.4 Å². The van der Waals surface area contributed by atoms with E-state index in [4.69, 9.17) is 0 Å².